The van der Waals surface area contributed by atoms with Gasteiger partial charge in [-0.1, -0.05) is 32.9 Å². The number of aliphatic hydroxyl groups is 1. The zero-order valence-corrected chi connectivity index (χ0v) is 12.8. The van der Waals surface area contributed by atoms with Crippen LogP contribution in [-0.4, -0.2) is 42.8 Å². The Morgan fingerprint density at radius 1 is 1.25 bits per heavy atom. The molecule has 0 heterocycles. The van der Waals surface area contributed by atoms with Crippen molar-refractivity contribution >= 4 is 0 Å². The van der Waals surface area contributed by atoms with Crippen LogP contribution in [0.1, 0.15) is 32.8 Å². The SMILES string of the molecule is CCN(CC)CCNC(CC)(CO)c1cccc(F)c1. The van der Waals surface area contributed by atoms with Gasteiger partial charge in [-0.25, -0.2) is 4.39 Å². The molecule has 0 bridgehead atoms. The molecule has 0 saturated carbocycles. The van der Waals surface area contributed by atoms with Gasteiger partial charge in [0, 0.05) is 13.1 Å². The van der Waals surface area contributed by atoms with Crippen LogP contribution in [0.4, 0.5) is 4.39 Å². The van der Waals surface area contributed by atoms with E-state index in [0.29, 0.717) is 6.42 Å². The molecule has 1 unspecified atom stereocenters. The first kappa shape index (κ1) is 17.1. The van der Waals surface area contributed by atoms with Gasteiger partial charge in [-0.3, -0.25) is 0 Å². The van der Waals surface area contributed by atoms with E-state index in [2.05, 4.69) is 24.1 Å². The molecule has 114 valence electrons. The van der Waals surface area contributed by atoms with Gasteiger partial charge in [-0.05, 0) is 37.2 Å². The second-order valence-electron chi connectivity index (χ2n) is 5.06. The molecule has 1 aromatic rings. The van der Waals surface area contributed by atoms with Crippen LogP contribution in [0.15, 0.2) is 24.3 Å². The first-order valence-electron chi connectivity index (χ1n) is 7.46. The second kappa shape index (κ2) is 8.35. The molecule has 0 fully saturated rings. The summed E-state index contributed by atoms with van der Waals surface area (Å²) in [6, 6.07) is 6.49. The highest BCUT2D eigenvalue weighted by Gasteiger charge is 2.29. The lowest BCUT2D eigenvalue weighted by atomic mass is 9.88. The normalized spacial score (nSPS) is 14.5. The molecule has 3 nitrogen and oxygen atoms in total. The van der Waals surface area contributed by atoms with Gasteiger partial charge < -0.3 is 15.3 Å². The molecule has 1 atom stereocenters. The van der Waals surface area contributed by atoms with Crippen LogP contribution in [0.25, 0.3) is 0 Å². The molecular formula is C16H27FN2O. The summed E-state index contributed by atoms with van der Waals surface area (Å²) in [7, 11) is 0. The second-order valence-corrected chi connectivity index (χ2v) is 5.06. The van der Waals surface area contributed by atoms with Gasteiger partial charge in [-0.2, -0.15) is 0 Å². The van der Waals surface area contributed by atoms with Crippen molar-refractivity contribution in [3.63, 3.8) is 0 Å². The average molecular weight is 282 g/mol. The summed E-state index contributed by atoms with van der Waals surface area (Å²) in [4.78, 5) is 2.32. The largest absolute Gasteiger partial charge is 0.394 e. The minimum Gasteiger partial charge on any atom is -0.394 e. The number of hydrogen-bond acceptors (Lipinski definition) is 3. The maximum Gasteiger partial charge on any atom is 0.123 e. The third-order valence-electron chi connectivity index (χ3n) is 4.04. The van der Waals surface area contributed by atoms with Crippen molar-refractivity contribution in [1.29, 1.82) is 0 Å². The number of hydrogen-bond donors (Lipinski definition) is 2. The summed E-state index contributed by atoms with van der Waals surface area (Å²) < 4.78 is 13.4. The van der Waals surface area contributed by atoms with E-state index in [1.807, 2.05) is 13.0 Å². The van der Waals surface area contributed by atoms with Gasteiger partial charge in [0.2, 0.25) is 0 Å². The number of nitrogens with one attached hydrogen (secondary N) is 1. The van der Waals surface area contributed by atoms with Crippen molar-refractivity contribution in [2.24, 2.45) is 0 Å². The summed E-state index contributed by atoms with van der Waals surface area (Å²) in [5, 5.41) is 13.2. The number of halogens is 1. The molecule has 0 aliphatic carbocycles. The highest BCUT2D eigenvalue weighted by Crippen LogP contribution is 2.25. The topological polar surface area (TPSA) is 35.5 Å². The van der Waals surface area contributed by atoms with Crippen LogP contribution in [0.5, 0.6) is 0 Å². The van der Waals surface area contributed by atoms with Gasteiger partial charge in [0.25, 0.3) is 0 Å². The molecule has 0 saturated heterocycles. The summed E-state index contributed by atoms with van der Waals surface area (Å²) >= 11 is 0. The summed E-state index contributed by atoms with van der Waals surface area (Å²) in [5.74, 6) is -0.265. The third-order valence-corrected chi connectivity index (χ3v) is 4.04. The van der Waals surface area contributed by atoms with Crippen molar-refractivity contribution in [1.82, 2.24) is 10.2 Å². The van der Waals surface area contributed by atoms with E-state index in [9.17, 15) is 9.50 Å². The Morgan fingerprint density at radius 3 is 2.45 bits per heavy atom. The van der Waals surface area contributed by atoms with Crippen molar-refractivity contribution in [3.8, 4) is 0 Å². The standard InChI is InChI=1S/C16H27FN2O/c1-4-16(13-20,14-8-7-9-15(17)12-14)18-10-11-19(5-2)6-3/h7-9,12,18,20H,4-6,10-11,13H2,1-3H3. The first-order chi connectivity index (χ1) is 9.61. The molecule has 0 aromatic heterocycles. The molecule has 4 heteroatoms. The van der Waals surface area contributed by atoms with Crippen LogP contribution in [0.2, 0.25) is 0 Å². The molecule has 0 aliphatic rings. The van der Waals surface area contributed by atoms with Crippen LogP contribution in [0.3, 0.4) is 0 Å². The predicted molar refractivity (Wildman–Crippen MR) is 81.2 cm³/mol. The zero-order valence-electron chi connectivity index (χ0n) is 12.8. The molecule has 0 aliphatic heterocycles. The highest BCUT2D eigenvalue weighted by molar-refractivity contribution is 5.25. The molecule has 0 radical (unpaired) electrons. The zero-order chi connectivity index (χ0) is 15.0. The van der Waals surface area contributed by atoms with E-state index < -0.39 is 5.54 Å². The van der Waals surface area contributed by atoms with Crippen molar-refractivity contribution in [2.45, 2.75) is 32.7 Å². The predicted octanol–water partition coefficient (Wildman–Crippen LogP) is 2.35. The lowest BCUT2D eigenvalue weighted by Crippen LogP contribution is -2.48. The Kier molecular flexibility index (Phi) is 7.13. The number of likely N-dealkylation sites (N-methyl/N-ethyl adjacent to an activating group) is 1. The van der Waals surface area contributed by atoms with Crippen molar-refractivity contribution in [2.75, 3.05) is 32.8 Å². The van der Waals surface area contributed by atoms with Crippen molar-refractivity contribution < 1.29 is 9.50 Å². The molecule has 0 amide bonds. The maximum atomic E-state index is 13.4. The molecule has 1 aromatic carbocycles. The molecule has 2 N–H and O–H groups in total. The van der Waals surface area contributed by atoms with Gasteiger partial charge >= 0.3 is 0 Å². The smallest absolute Gasteiger partial charge is 0.123 e. The van der Waals surface area contributed by atoms with Crippen molar-refractivity contribution in [3.05, 3.63) is 35.6 Å². The van der Waals surface area contributed by atoms with Gasteiger partial charge in [-0.15, -0.1) is 0 Å². The van der Waals surface area contributed by atoms with Gasteiger partial charge in [0.1, 0.15) is 5.82 Å². The molecule has 20 heavy (non-hydrogen) atoms. The van der Waals surface area contributed by atoms with Crippen LogP contribution >= 0.6 is 0 Å². The monoisotopic (exact) mass is 282 g/mol. The third kappa shape index (κ3) is 4.27. The Hall–Kier alpha value is -0.970. The van der Waals surface area contributed by atoms with E-state index in [0.717, 1.165) is 31.7 Å². The lowest BCUT2D eigenvalue weighted by Gasteiger charge is -2.34. The van der Waals surface area contributed by atoms with Crippen LogP contribution in [0, 0.1) is 5.82 Å². The fourth-order valence-electron chi connectivity index (χ4n) is 2.47. The molecule has 1 rings (SSSR count). The maximum absolute atomic E-state index is 13.4. The number of aliphatic hydroxyl groups excluding tert-OH is 1. The van der Waals surface area contributed by atoms with Crippen LogP contribution in [-0.2, 0) is 5.54 Å². The fraction of sp³-hybridized carbons (Fsp3) is 0.625. The fourth-order valence-corrected chi connectivity index (χ4v) is 2.47. The summed E-state index contributed by atoms with van der Waals surface area (Å²) in [5.41, 5.74) is 0.247. The van der Waals surface area contributed by atoms with E-state index in [4.69, 9.17) is 0 Å². The van der Waals surface area contributed by atoms with Crippen LogP contribution < -0.4 is 5.32 Å². The van der Waals surface area contributed by atoms with E-state index in [1.54, 1.807) is 6.07 Å². The first-order valence-corrected chi connectivity index (χ1v) is 7.46. The van der Waals surface area contributed by atoms with E-state index in [-0.39, 0.29) is 12.4 Å². The number of rotatable bonds is 9. The molecular weight excluding hydrogens is 255 g/mol. The number of benzene rings is 1. The Morgan fingerprint density at radius 2 is 1.95 bits per heavy atom. The van der Waals surface area contributed by atoms with E-state index >= 15 is 0 Å². The molecule has 0 spiro atoms. The van der Waals surface area contributed by atoms with Gasteiger partial charge in [0.05, 0.1) is 12.1 Å². The Bertz CT molecular complexity index is 390. The Balaban J connectivity index is 2.77. The van der Waals surface area contributed by atoms with E-state index in [1.165, 1.54) is 12.1 Å². The summed E-state index contributed by atoms with van der Waals surface area (Å²) in [6.45, 7) is 9.95. The minimum absolute atomic E-state index is 0.0365. The minimum atomic E-state index is -0.560. The Labute approximate surface area is 121 Å². The lowest BCUT2D eigenvalue weighted by molar-refractivity contribution is 0.149. The summed E-state index contributed by atoms with van der Waals surface area (Å²) in [6.07, 6.45) is 0.713. The average Bonchev–Trinajstić information content (AvgIpc) is 2.48. The quantitative estimate of drug-likeness (QED) is 0.730. The van der Waals surface area contributed by atoms with Gasteiger partial charge in [0.15, 0.2) is 0 Å². The number of nitrogens with zero attached hydrogens (tertiary/aromatic N) is 1. The highest BCUT2D eigenvalue weighted by atomic mass is 19.1.